The fourth-order valence-electron chi connectivity index (χ4n) is 2.05. The van der Waals surface area contributed by atoms with Gasteiger partial charge in [-0.3, -0.25) is 0 Å². The molecule has 0 aromatic heterocycles. The van der Waals surface area contributed by atoms with Gasteiger partial charge in [-0.1, -0.05) is 35.7 Å². The third kappa shape index (κ3) is 3.10. The summed E-state index contributed by atoms with van der Waals surface area (Å²) in [6, 6.07) is 6.52. The average Bonchev–Trinajstić information content (AvgIpc) is 2.25. The maximum absolute atomic E-state index is 5.98. The van der Waals surface area contributed by atoms with Crippen molar-refractivity contribution in [1.29, 1.82) is 0 Å². The average molecular weight is 244 g/mol. The molecule has 82 valence electrons. The van der Waals surface area contributed by atoms with Gasteiger partial charge in [-0.2, -0.15) is 0 Å². The van der Waals surface area contributed by atoms with E-state index in [1.165, 1.54) is 24.8 Å². The predicted molar refractivity (Wildman–Crippen MR) is 65.8 cm³/mol. The largest absolute Gasteiger partial charge is 0.314 e. The lowest BCUT2D eigenvalue weighted by Gasteiger charge is -2.23. The normalized spacial score (nSPS) is 21.6. The summed E-state index contributed by atoms with van der Waals surface area (Å²) in [6.07, 6.45) is 4.95. The Morgan fingerprint density at radius 2 is 2.07 bits per heavy atom. The van der Waals surface area contributed by atoms with Gasteiger partial charge in [0.1, 0.15) is 0 Å². The van der Waals surface area contributed by atoms with Crippen LogP contribution in [0.1, 0.15) is 24.8 Å². The molecule has 1 aliphatic heterocycles. The van der Waals surface area contributed by atoms with E-state index >= 15 is 0 Å². The number of hydrogen-bond acceptors (Lipinski definition) is 1. The smallest absolute Gasteiger partial charge is 0.0595 e. The second-order valence-corrected chi connectivity index (χ2v) is 4.91. The molecule has 1 fully saturated rings. The third-order valence-corrected chi connectivity index (χ3v) is 3.62. The highest BCUT2D eigenvalue weighted by molar-refractivity contribution is 6.42. The van der Waals surface area contributed by atoms with E-state index in [4.69, 9.17) is 23.2 Å². The number of nitrogens with one attached hydrogen (secondary N) is 1. The van der Waals surface area contributed by atoms with E-state index in [2.05, 4.69) is 11.4 Å². The first kappa shape index (κ1) is 11.3. The Bertz CT molecular complexity index is 332. The molecule has 0 saturated carbocycles. The highest BCUT2D eigenvalue weighted by Crippen LogP contribution is 2.24. The molecule has 1 nitrogen and oxygen atoms in total. The molecule has 1 aliphatic rings. The SMILES string of the molecule is Clc1ccc(C[C@H]2CCCCN2)cc1Cl. The van der Waals surface area contributed by atoms with Gasteiger partial charge in [-0.05, 0) is 43.5 Å². The van der Waals surface area contributed by atoms with Crippen LogP contribution in [0.15, 0.2) is 18.2 Å². The topological polar surface area (TPSA) is 12.0 Å². The molecular weight excluding hydrogens is 229 g/mol. The molecule has 1 atom stereocenters. The van der Waals surface area contributed by atoms with E-state index in [0.29, 0.717) is 16.1 Å². The molecule has 1 aromatic rings. The van der Waals surface area contributed by atoms with Gasteiger partial charge in [0.15, 0.2) is 0 Å². The van der Waals surface area contributed by atoms with Crippen molar-refractivity contribution in [1.82, 2.24) is 5.32 Å². The molecule has 1 saturated heterocycles. The lowest BCUT2D eigenvalue weighted by atomic mass is 9.98. The van der Waals surface area contributed by atoms with Crippen LogP contribution in [0.3, 0.4) is 0 Å². The lowest BCUT2D eigenvalue weighted by Crippen LogP contribution is -2.35. The maximum atomic E-state index is 5.98. The van der Waals surface area contributed by atoms with E-state index in [-0.39, 0.29) is 0 Å². The van der Waals surface area contributed by atoms with E-state index in [9.17, 15) is 0 Å². The fraction of sp³-hybridized carbons (Fsp3) is 0.500. The summed E-state index contributed by atoms with van der Waals surface area (Å²) < 4.78 is 0. The third-order valence-electron chi connectivity index (χ3n) is 2.88. The summed E-state index contributed by atoms with van der Waals surface area (Å²) in [6.45, 7) is 1.14. The van der Waals surface area contributed by atoms with Crippen molar-refractivity contribution in [3.05, 3.63) is 33.8 Å². The first-order chi connectivity index (χ1) is 7.25. The number of rotatable bonds is 2. The fourth-order valence-corrected chi connectivity index (χ4v) is 2.37. The molecule has 3 heteroatoms. The van der Waals surface area contributed by atoms with Crippen LogP contribution in [0.25, 0.3) is 0 Å². The molecule has 1 heterocycles. The van der Waals surface area contributed by atoms with Crippen molar-refractivity contribution in [3.63, 3.8) is 0 Å². The van der Waals surface area contributed by atoms with Crippen molar-refractivity contribution in [3.8, 4) is 0 Å². The van der Waals surface area contributed by atoms with Crippen LogP contribution in [-0.4, -0.2) is 12.6 Å². The molecular formula is C12H15Cl2N. The van der Waals surface area contributed by atoms with Gasteiger partial charge in [-0.15, -0.1) is 0 Å². The molecule has 1 N–H and O–H groups in total. The summed E-state index contributed by atoms with van der Waals surface area (Å²) in [5.74, 6) is 0. The quantitative estimate of drug-likeness (QED) is 0.836. The van der Waals surface area contributed by atoms with Gasteiger partial charge in [0.25, 0.3) is 0 Å². The minimum absolute atomic E-state index is 0.607. The van der Waals surface area contributed by atoms with Gasteiger partial charge in [0.2, 0.25) is 0 Å². The summed E-state index contributed by atoms with van der Waals surface area (Å²) >= 11 is 11.9. The van der Waals surface area contributed by atoms with Crippen LogP contribution >= 0.6 is 23.2 Å². The van der Waals surface area contributed by atoms with Crippen molar-refractivity contribution >= 4 is 23.2 Å². The second kappa shape index (κ2) is 5.20. The first-order valence-corrected chi connectivity index (χ1v) is 6.18. The molecule has 0 bridgehead atoms. The monoisotopic (exact) mass is 243 g/mol. The minimum Gasteiger partial charge on any atom is -0.314 e. The summed E-state index contributed by atoms with van der Waals surface area (Å²) in [5, 5.41) is 4.82. The van der Waals surface area contributed by atoms with Crippen LogP contribution in [0, 0.1) is 0 Å². The van der Waals surface area contributed by atoms with E-state index in [1.807, 2.05) is 12.1 Å². The lowest BCUT2D eigenvalue weighted by molar-refractivity contribution is 0.399. The zero-order valence-electron chi connectivity index (χ0n) is 8.60. The molecule has 2 rings (SSSR count). The van der Waals surface area contributed by atoms with Gasteiger partial charge in [0, 0.05) is 6.04 Å². The highest BCUT2D eigenvalue weighted by atomic mass is 35.5. The predicted octanol–water partition coefficient (Wildman–Crippen LogP) is 3.68. The Labute approximate surface area is 101 Å². The number of benzene rings is 1. The van der Waals surface area contributed by atoms with Crippen LogP contribution < -0.4 is 5.32 Å². The molecule has 15 heavy (non-hydrogen) atoms. The Balaban J connectivity index is 2.00. The zero-order valence-corrected chi connectivity index (χ0v) is 10.1. The Kier molecular flexibility index (Phi) is 3.90. The minimum atomic E-state index is 0.607. The van der Waals surface area contributed by atoms with E-state index in [0.717, 1.165) is 13.0 Å². The zero-order chi connectivity index (χ0) is 10.7. The maximum Gasteiger partial charge on any atom is 0.0595 e. The van der Waals surface area contributed by atoms with Crippen LogP contribution in [0.4, 0.5) is 0 Å². The van der Waals surface area contributed by atoms with Crippen molar-refractivity contribution < 1.29 is 0 Å². The Hall–Kier alpha value is -0.240. The summed E-state index contributed by atoms with van der Waals surface area (Å²) in [4.78, 5) is 0. The Morgan fingerprint density at radius 3 is 2.73 bits per heavy atom. The highest BCUT2D eigenvalue weighted by Gasteiger charge is 2.13. The molecule has 0 spiro atoms. The summed E-state index contributed by atoms with van der Waals surface area (Å²) in [7, 11) is 0. The van der Waals surface area contributed by atoms with Gasteiger partial charge in [0.05, 0.1) is 10.0 Å². The molecule has 0 amide bonds. The molecule has 0 unspecified atom stereocenters. The van der Waals surface area contributed by atoms with Crippen molar-refractivity contribution in [2.75, 3.05) is 6.54 Å². The molecule has 1 aromatic carbocycles. The number of halogens is 2. The van der Waals surface area contributed by atoms with E-state index in [1.54, 1.807) is 0 Å². The van der Waals surface area contributed by atoms with Gasteiger partial charge in [-0.25, -0.2) is 0 Å². The first-order valence-electron chi connectivity index (χ1n) is 5.43. The van der Waals surface area contributed by atoms with Crippen molar-refractivity contribution in [2.45, 2.75) is 31.7 Å². The van der Waals surface area contributed by atoms with Crippen LogP contribution in [0.5, 0.6) is 0 Å². The van der Waals surface area contributed by atoms with Gasteiger partial charge < -0.3 is 5.32 Å². The molecule has 0 aliphatic carbocycles. The van der Waals surface area contributed by atoms with Crippen LogP contribution in [-0.2, 0) is 6.42 Å². The number of hydrogen-bond donors (Lipinski definition) is 1. The molecule has 0 radical (unpaired) electrons. The van der Waals surface area contributed by atoms with E-state index < -0.39 is 0 Å². The summed E-state index contributed by atoms with van der Waals surface area (Å²) in [5.41, 5.74) is 1.27. The second-order valence-electron chi connectivity index (χ2n) is 4.10. The van der Waals surface area contributed by atoms with Crippen LogP contribution in [0.2, 0.25) is 10.0 Å². The standard InChI is InChI=1S/C12H15Cl2N/c13-11-5-4-9(8-12(11)14)7-10-3-1-2-6-15-10/h4-5,8,10,15H,1-3,6-7H2/t10-/m1/s1. The van der Waals surface area contributed by atoms with Crippen molar-refractivity contribution in [2.24, 2.45) is 0 Å². The van der Waals surface area contributed by atoms with Gasteiger partial charge >= 0.3 is 0 Å². The Morgan fingerprint density at radius 1 is 1.20 bits per heavy atom. The number of piperidine rings is 1.